The quantitative estimate of drug-likeness (QED) is 0.355. The SMILES string of the molecule is CCc1nnc(N2C(=O)c3oc4ccc(Cl)cc4c(=O)c3[C@@H]2c2ccc(Cl)c(Cl)c2)s1. The highest BCUT2D eigenvalue weighted by Crippen LogP contribution is 2.43. The highest BCUT2D eigenvalue weighted by atomic mass is 35.5. The minimum Gasteiger partial charge on any atom is -0.450 e. The molecule has 1 atom stereocenters. The van der Waals surface area contributed by atoms with Crippen LogP contribution in [0.2, 0.25) is 15.1 Å². The number of benzene rings is 2. The molecule has 0 unspecified atom stereocenters. The van der Waals surface area contributed by atoms with Crippen LogP contribution in [0.4, 0.5) is 5.13 Å². The fourth-order valence-corrected chi connectivity index (χ4v) is 4.91. The Balaban J connectivity index is 1.81. The summed E-state index contributed by atoms with van der Waals surface area (Å²) in [7, 11) is 0. The van der Waals surface area contributed by atoms with Gasteiger partial charge in [-0.25, -0.2) is 0 Å². The smallest absolute Gasteiger partial charge is 0.297 e. The van der Waals surface area contributed by atoms with Gasteiger partial charge in [0.1, 0.15) is 10.6 Å². The van der Waals surface area contributed by atoms with E-state index < -0.39 is 11.9 Å². The Morgan fingerprint density at radius 3 is 2.58 bits per heavy atom. The van der Waals surface area contributed by atoms with Crippen LogP contribution >= 0.6 is 46.1 Å². The summed E-state index contributed by atoms with van der Waals surface area (Å²) in [4.78, 5) is 28.4. The van der Waals surface area contributed by atoms with Crippen LogP contribution < -0.4 is 10.3 Å². The van der Waals surface area contributed by atoms with Gasteiger partial charge in [-0.1, -0.05) is 59.1 Å². The predicted molar refractivity (Wildman–Crippen MR) is 122 cm³/mol. The fourth-order valence-electron chi connectivity index (χ4n) is 3.63. The third-order valence-electron chi connectivity index (χ3n) is 5.06. The fraction of sp³-hybridized carbons (Fsp3) is 0.143. The average Bonchev–Trinajstić information content (AvgIpc) is 3.33. The van der Waals surface area contributed by atoms with Crippen LogP contribution in [-0.4, -0.2) is 16.1 Å². The first-order chi connectivity index (χ1) is 14.9. The van der Waals surface area contributed by atoms with Crippen LogP contribution in [0.15, 0.2) is 45.6 Å². The molecule has 1 amide bonds. The van der Waals surface area contributed by atoms with Crippen LogP contribution in [0.1, 0.15) is 39.7 Å². The van der Waals surface area contributed by atoms with Crippen LogP contribution in [0.5, 0.6) is 0 Å². The summed E-state index contributed by atoms with van der Waals surface area (Å²) in [6, 6.07) is 8.88. The van der Waals surface area contributed by atoms with Crippen LogP contribution in [0.3, 0.4) is 0 Å². The number of carbonyl (C=O) groups is 1. The minimum absolute atomic E-state index is 0.0378. The summed E-state index contributed by atoms with van der Waals surface area (Å²) in [5.74, 6) is -0.511. The molecule has 1 aliphatic rings. The molecule has 156 valence electrons. The van der Waals surface area contributed by atoms with E-state index in [9.17, 15) is 9.59 Å². The highest BCUT2D eigenvalue weighted by molar-refractivity contribution is 7.15. The van der Waals surface area contributed by atoms with Crippen molar-refractivity contribution in [1.82, 2.24) is 10.2 Å². The van der Waals surface area contributed by atoms with Gasteiger partial charge in [0.05, 0.1) is 27.0 Å². The maximum absolute atomic E-state index is 13.5. The molecule has 1 aliphatic heterocycles. The van der Waals surface area contributed by atoms with E-state index in [0.717, 1.165) is 5.01 Å². The molecule has 10 heteroatoms. The molecular formula is C21H12Cl3N3O3S. The van der Waals surface area contributed by atoms with Crippen LogP contribution in [0.25, 0.3) is 11.0 Å². The number of carbonyl (C=O) groups excluding carboxylic acids is 1. The zero-order valence-electron chi connectivity index (χ0n) is 15.9. The van der Waals surface area contributed by atoms with Gasteiger partial charge in [0, 0.05) is 5.02 Å². The summed E-state index contributed by atoms with van der Waals surface area (Å²) in [6.07, 6.45) is 0.670. The van der Waals surface area contributed by atoms with Crippen molar-refractivity contribution < 1.29 is 9.21 Å². The zero-order valence-corrected chi connectivity index (χ0v) is 18.9. The molecule has 6 nitrogen and oxygen atoms in total. The van der Waals surface area contributed by atoms with E-state index in [-0.39, 0.29) is 27.7 Å². The van der Waals surface area contributed by atoms with Crippen molar-refractivity contribution in [1.29, 1.82) is 0 Å². The standard InChI is InChI=1S/C21H12Cl3N3O3S/c1-2-15-25-26-21(31-15)27-17(9-3-5-12(23)13(24)7-9)16-18(28)11-8-10(22)4-6-14(11)30-19(16)20(27)29/h3-8,17H,2H2,1H3/t17-/m0/s1. The number of hydrogen-bond acceptors (Lipinski definition) is 6. The first-order valence-corrected chi connectivity index (χ1v) is 11.2. The van der Waals surface area contributed by atoms with E-state index in [1.807, 2.05) is 6.92 Å². The second kappa shape index (κ2) is 7.60. The van der Waals surface area contributed by atoms with Gasteiger partial charge in [-0.3, -0.25) is 14.5 Å². The molecule has 0 radical (unpaired) electrons. The maximum Gasteiger partial charge on any atom is 0.297 e. The van der Waals surface area contributed by atoms with Crippen molar-refractivity contribution in [3.63, 3.8) is 0 Å². The van der Waals surface area contributed by atoms with Gasteiger partial charge >= 0.3 is 0 Å². The normalized spacial score (nSPS) is 15.7. The van der Waals surface area contributed by atoms with E-state index >= 15 is 0 Å². The second-order valence-corrected chi connectivity index (χ2v) is 9.19. The number of amides is 1. The molecule has 2 aromatic heterocycles. The summed E-state index contributed by atoms with van der Waals surface area (Å²) in [5, 5.41) is 10.8. The summed E-state index contributed by atoms with van der Waals surface area (Å²) in [6.45, 7) is 1.95. The molecular weight excluding hydrogens is 481 g/mol. The zero-order chi connectivity index (χ0) is 21.9. The number of rotatable bonds is 3. The Labute approximate surface area is 195 Å². The topological polar surface area (TPSA) is 76.3 Å². The van der Waals surface area contributed by atoms with Crippen molar-refractivity contribution >= 4 is 68.1 Å². The molecule has 3 heterocycles. The lowest BCUT2D eigenvalue weighted by molar-refractivity contribution is 0.0970. The molecule has 31 heavy (non-hydrogen) atoms. The molecule has 4 aromatic rings. The van der Waals surface area contributed by atoms with Crippen LogP contribution in [-0.2, 0) is 6.42 Å². The summed E-state index contributed by atoms with van der Waals surface area (Å²) < 4.78 is 5.89. The average molecular weight is 493 g/mol. The number of fused-ring (bicyclic) bond motifs is 2. The molecule has 5 rings (SSSR count). The van der Waals surface area contributed by atoms with E-state index in [0.29, 0.717) is 32.2 Å². The number of anilines is 1. The molecule has 0 saturated heterocycles. The molecule has 0 spiro atoms. The third-order valence-corrected chi connectivity index (χ3v) is 7.10. The number of aromatic nitrogens is 2. The highest BCUT2D eigenvalue weighted by Gasteiger charge is 2.45. The maximum atomic E-state index is 13.5. The van der Waals surface area contributed by atoms with E-state index in [1.54, 1.807) is 30.3 Å². The van der Waals surface area contributed by atoms with Gasteiger partial charge in [0.25, 0.3) is 5.91 Å². The van der Waals surface area contributed by atoms with E-state index in [4.69, 9.17) is 39.2 Å². The van der Waals surface area contributed by atoms with Crippen molar-refractivity contribution in [3.8, 4) is 0 Å². The molecule has 0 aliphatic carbocycles. The largest absolute Gasteiger partial charge is 0.450 e. The van der Waals surface area contributed by atoms with E-state index in [1.165, 1.54) is 22.3 Å². The molecule has 0 bridgehead atoms. The molecule has 0 N–H and O–H groups in total. The van der Waals surface area contributed by atoms with Crippen molar-refractivity contribution in [2.45, 2.75) is 19.4 Å². The lowest BCUT2D eigenvalue weighted by Gasteiger charge is -2.22. The van der Waals surface area contributed by atoms with Gasteiger partial charge < -0.3 is 4.42 Å². The van der Waals surface area contributed by atoms with Crippen molar-refractivity contribution in [3.05, 3.63) is 83.6 Å². The Morgan fingerprint density at radius 2 is 1.87 bits per heavy atom. The molecule has 0 saturated carbocycles. The van der Waals surface area contributed by atoms with Gasteiger partial charge in [0.15, 0.2) is 5.43 Å². The van der Waals surface area contributed by atoms with Gasteiger partial charge in [-0.15, -0.1) is 10.2 Å². The Kier molecular flexibility index (Phi) is 5.01. The summed E-state index contributed by atoms with van der Waals surface area (Å²) >= 11 is 19.7. The molecule has 2 aromatic carbocycles. The van der Waals surface area contributed by atoms with Gasteiger partial charge in [-0.2, -0.15) is 0 Å². The van der Waals surface area contributed by atoms with Crippen LogP contribution in [0, 0.1) is 0 Å². The first-order valence-electron chi connectivity index (χ1n) is 9.26. The number of hydrogen-bond donors (Lipinski definition) is 0. The third kappa shape index (κ3) is 3.24. The minimum atomic E-state index is -0.797. The Bertz CT molecular complexity index is 1430. The van der Waals surface area contributed by atoms with Gasteiger partial charge in [-0.05, 0) is 42.3 Å². The van der Waals surface area contributed by atoms with Gasteiger partial charge in [0.2, 0.25) is 10.9 Å². The number of halogens is 3. The van der Waals surface area contributed by atoms with Crippen molar-refractivity contribution in [2.24, 2.45) is 0 Å². The Hall–Kier alpha value is -2.45. The Morgan fingerprint density at radius 1 is 1.06 bits per heavy atom. The monoisotopic (exact) mass is 491 g/mol. The first kappa shape index (κ1) is 20.5. The lowest BCUT2D eigenvalue weighted by atomic mass is 9.99. The lowest BCUT2D eigenvalue weighted by Crippen LogP contribution is -2.29. The second-order valence-electron chi connectivity index (χ2n) is 6.90. The number of aryl methyl sites for hydroxylation is 1. The molecule has 0 fully saturated rings. The van der Waals surface area contributed by atoms with Crippen molar-refractivity contribution in [2.75, 3.05) is 4.90 Å². The summed E-state index contributed by atoms with van der Waals surface area (Å²) in [5.41, 5.74) is 0.739. The number of nitrogens with zero attached hydrogens (tertiary/aromatic N) is 3. The predicted octanol–water partition coefficient (Wildman–Crippen LogP) is 5.92. The van der Waals surface area contributed by atoms with E-state index in [2.05, 4.69) is 10.2 Å².